The zero-order valence-corrected chi connectivity index (χ0v) is 19.9. The van der Waals surface area contributed by atoms with Gasteiger partial charge in [0, 0.05) is 38.0 Å². The molecule has 32 heavy (non-hydrogen) atoms. The SMILES string of the molecule is COc1cc2nc(SCCN3CCOCC3)n(CCC3=CCCCC3)c(=O)c2cc1OC. The summed E-state index contributed by atoms with van der Waals surface area (Å²) in [4.78, 5) is 20.8. The summed E-state index contributed by atoms with van der Waals surface area (Å²) in [7, 11) is 3.18. The summed E-state index contributed by atoms with van der Waals surface area (Å²) in [6.07, 6.45) is 8.05. The second-order valence-electron chi connectivity index (χ2n) is 8.24. The van der Waals surface area contributed by atoms with E-state index in [1.807, 2.05) is 4.57 Å². The van der Waals surface area contributed by atoms with Crippen molar-refractivity contribution in [3.63, 3.8) is 0 Å². The highest BCUT2D eigenvalue weighted by atomic mass is 32.2. The van der Waals surface area contributed by atoms with Crippen molar-refractivity contribution in [1.29, 1.82) is 0 Å². The van der Waals surface area contributed by atoms with Crippen LogP contribution in [0.25, 0.3) is 10.9 Å². The highest BCUT2D eigenvalue weighted by Gasteiger charge is 2.17. The van der Waals surface area contributed by atoms with Crippen LogP contribution in [-0.2, 0) is 11.3 Å². The quantitative estimate of drug-likeness (QED) is 0.322. The Morgan fingerprint density at radius 2 is 1.88 bits per heavy atom. The number of ether oxygens (including phenoxy) is 3. The van der Waals surface area contributed by atoms with E-state index >= 15 is 0 Å². The van der Waals surface area contributed by atoms with Crippen molar-refractivity contribution < 1.29 is 14.2 Å². The van der Waals surface area contributed by atoms with Crippen LogP contribution in [0.5, 0.6) is 11.5 Å². The fourth-order valence-electron chi connectivity index (χ4n) is 4.31. The van der Waals surface area contributed by atoms with Crippen LogP contribution in [0.4, 0.5) is 0 Å². The summed E-state index contributed by atoms with van der Waals surface area (Å²) in [5.41, 5.74) is 2.09. The molecule has 1 saturated heterocycles. The van der Waals surface area contributed by atoms with Gasteiger partial charge in [-0.25, -0.2) is 4.98 Å². The van der Waals surface area contributed by atoms with Gasteiger partial charge in [-0.1, -0.05) is 23.4 Å². The molecule has 0 bridgehead atoms. The van der Waals surface area contributed by atoms with E-state index in [0.717, 1.165) is 63.0 Å². The smallest absolute Gasteiger partial charge is 0.262 e. The summed E-state index contributed by atoms with van der Waals surface area (Å²) in [5.74, 6) is 2.02. The van der Waals surface area contributed by atoms with E-state index in [1.54, 1.807) is 38.1 Å². The molecule has 1 aromatic heterocycles. The molecule has 2 aliphatic rings. The minimum Gasteiger partial charge on any atom is -0.493 e. The van der Waals surface area contributed by atoms with Crippen molar-refractivity contribution in [2.45, 2.75) is 43.8 Å². The molecular weight excluding hydrogens is 426 g/mol. The number of fused-ring (bicyclic) bond motifs is 1. The normalized spacial score (nSPS) is 17.4. The average molecular weight is 460 g/mol. The number of thioether (sulfide) groups is 1. The van der Waals surface area contributed by atoms with Crippen LogP contribution in [0.3, 0.4) is 0 Å². The van der Waals surface area contributed by atoms with Gasteiger partial charge in [0.15, 0.2) is 16.7 Å². The minimum atomic E-state index is -0.0127. The van der Waals surface area contributed by atoms with Crippen molar-refractivity contribution in [3.05, 3.63) is 34.1 Å². The number of aromatic nitrogens is 2. The predicted octanol–water partition coefficient (Wildman–Crippen LogP) is 3.73. The van der Waals surface area contributed by atoms with Crippen LogP contribution in [0.2, 0.25) is 0 Å². The average Bonchev–Trinajstić information content (AvgIpc) is 2.84. The number of hydrogen-bond donors (Lipinski definition) is 0. The monoisotopic (exact) mass is 459 g/mol. The lowest BCUT2D eigenvalue weighted by Gasteiger charge is -2.26. The molecule has 0 spiro atoms. The van der Waals surface area contributed by atoms with E-state index in [0.29, 0.717) is 28.9 Å². The van der Waals surface area contributed by atoms with E-state index in [9.17, 15) is 4.79 Å². The first-order valence-corrected chi connectivity index (χ1v) is 12.5. The van der Waals surface area contributed by atoms with Crippen LogP contribution in [0.1, 0.15) is 32.1 Å². The Labute approximate surface area is 193 Å². The Balaban J connectivity index is 1.62. The van der Waals surface area contributed by atoms with Crippen molar-refractivity contribution in [2.75, 3.05) is 52.8 Å². The summed E-state index contributed by atoms with van der Waals surface area (Å²) >= 11 is 1.66. The molecule has 8 heteroatoms. The molecule has 1 aliphatic heterocycles. The van der Waals surface area contributed by atoms with Crippen LogP contribution in [0.15, 0.2) is 33.7 Å². The molecule has 0 unspecified atom stereocenters. The van der Waals surface area contributed by atoms with Gasteiger partial charge in [-0.05, 0) is 38.2 Å². The van der Waals surface area contributed by atoms with Gasteiger partial charge in [0.1, 0.15) is 0 Å². The van der Waals surface area contributed by atoms with Crippen molar-refractivity contribution in [2.24, 2.45) is 0 Å². The molecular formula is C24H33N3O4S. The van der Waals surface area contributed by atoms with E-state index in [-0.39, 0.29) is 5.56 Å². The first kappa shape index (κ1) is 23.1. The molecule has 2 aromatic rings. The minimum absolute atomic E-state index is 0.0127. The maximum Gasteiger partial charge on any atom is 0.262 e. The Kier molecular flexibility index (Phi) is 8.10. The fourth-order valence-corrected chi connectivity index (χ4v) is 5.34. The largest absolute Gasteiger partial charge is 0.493 e. The molecule has 0 saturated carbocycles. The third-order valence-electron chi connectivity index (χ3n) is 6.21. The molecule has 4 rings (SSSR count). The fraction of sp³-hybridized carbons (Fsp3) is 0.583. The van der Waals surface area contributed by atoms with E-state index in [2.05, 4.69) is 11.0 Å². The second-order valence-corrected chi connectivity index (χ2v) is 9.30. The molecule has 1 aliphatic carbocycles. The maximum atomic E-state index is 13.5. The summed E-state index contributed by atoms with van der Waals surface area (Å²) < 4.78 is 18.2. The van der Waals surface area contributed by atoms with Gasteiger partial charge in [-0.2, -0.15) is 0 Å². The molecule has 1 fully saturated rings. The zero-order valence-electron chi connectivity index (χ0n) is 19.1. The lowest BCUT2D eigenvalue weighted by Crippen LogP contribution is -2.37. The number of hydrogen-bond acceptors (Lipinski definition) is 7. The van der Waals surface area contributed by atoms with E-state index in [1.165, 1.54) is 18.4 Å². The molecule has 0 amide bonds. The number of allylic oxidation sites excluding steroid dienone is 2. The maximum absolute atomic E-state index is 13.5. The Hall–Kier alpha value is -2.03. The third-order valence-corrected chi connectivity index (χ3v) is 7.16. The highest BCUT2D eigenvalue weighted by Crippen LogP contribution is 2.31. The zero-order chi connectivity index (χ0) is 22.3. The topological polar surface area (TPSA) is 65.8 Å². The molecule has 174 valence electrons. The van der Waals surface area contributed by atoms with Gasteiger partial charge in [0.2, 0.25) is 0 Å². The summed E-state index contributed by atoms with van der Waals surface area (Å²) in [5, 5.41) is 1.34. The lowest BCUT2D eigenvalue weighted by atomic mass is 9.97. The molecule has 0 N–H and O–H groups in total. The molecule has 7 nitrogen and oxygen atoms in total. The van der Waals surface area contributed by atoms with Gasteiger partial charge in [0.25, 0.3) is 5.56 Å². The van der Waals surface area contributed by atoms with Crippen LogP contribution in [0, 0.1) is 0 Å². The Bertz CT molecular complexity index is 1010. The number of benzene rings is 1. The van der Waals surface area contributed by atoms with Crippen LogP contribution >= 0.6 is 11.8 Å². The van der Waals surface area contributed by atoms with Crippen LogP contribution < -0.4 is 15.0 Å². The van der Waals surface area contributed by atoms with Gasteiger partial charge >= 0.3 is 0 Å². The van der Waals surface area contributed by atoms with Gasteiger partial charge in [-0.15, -0.1) is 0 Å². The summed E-state index contributed by atoms with van der Waals surface area (Å²) in [6, 6.07) is 3.55. The van der Waals surface area contributed by atoms with Crippen molar-refractivity contribution >= 4 is 22.7 Å². The molecule has 1 aromatic carbocycles. The van der Waals surface area contributed by atoms with Gasteiger partial charge in [-0.3, -0.25) is 14.3 Å². The summed E-state index contributed by atoms with van der Waals surface area (Å²) in [6.45, 7) is 5.12. The van der Waals surface area contributed by atoms with Gasteiger partial charge < -0.3 is 14.2 Å². The third kappa shape index (κ3) is 5.47. The van der Waals surface area contributed by atoms with E-state index in [4.69, 9.17) is 19.2 Å². The van der Waals surface area contributed by atoms with E-state index < -0.39 is 0 Å². The molecule has 2 heterocycles. The molecule has 0 radical (unpaired) electrons. The Morgan fingerprint density at radius 1 is 1.09 bits per heavy atom. The highest BCUT2D eigenvalue weighted by molar-refractivity contribution is 7.99. The molecule has 0 atom stereocenters. The van der Waals surface area contributed by atoms with Crippen molar-refractivity contribution in [3.8, 4) is 11.5 Å². The number of nitrogens with zero attached hydrogens (tertiary/aromatic N) is 3. The lowest BCUT2D eigenvalue weighted by molar-refractivity contribution is 0.0410. The second kappa shape index (κ2) is 11.2. The number of rotatable bonds is 9. The number of methoxy groups -OCH3 is 2. The van der Waals surface area contributed by atoms with Crippen molar-refractivity contribution in [1.82, 2.24) is 14.5 Å². The number of morpholine rings is 1. The standard InChI is InChI=1S/C24H33N3O4S/c1-29-21-16-19-20(17-22(21)30-2)25-24(32-15-12-26-10-13-31-14-11-26)27(23(19)28)9-8-18-6-4-3-5-7-18/h6,16-17H,3-5,7-15H2,1-2H3. The predicted molar refractivity (Wildman–Crippen MR) is 128 cm³/mol. The van der Waals surface area contributed by atoms with Crippen LogP contribution in [-0.4, -0.2) is 67.3 Å². The first-order valence-electron chi connectivity index (χ1n) is 11.5. The Morgan fingerprint density at radius 3 is 2.59 bits per heavy atom. The first-order chi connectivity index (χ1) is 15.7. The van der Waals surface area contributed by atoms with Gasteiger partial charge in [0.05, 0.1) is 38.3 Å².